The standard InChI is InChI=1S/C17H26ClN3O6S2/c1-5-20-8-6-7-12(20)11-19-17(22)13-9-15(14(18)10-16(13)27-2)21(28(3,23)24)29(4,25)26/h9-10,12H,5-8,11H2,1-4H3,(H,19,22). The molecule has 1 aromatic rings. The second-order valence-corrected chi connectivity index (χ2v) is 11.2. The maximum absolute atomic E-state index is 12.8. The van der Waals surface area contributed by atoms with Gasteiger partial charge in [-0.2, -0.15) is 3.71 Å². The number of carbonyl (C=O) groups excluding carboxylic acids is 1. The summed E-state index contributed by atoms with van der Waals surface area (Å²) in [6.45, 7) is 4.32. The molecule has 1 aliphatic heterocycles. The van der Waals surface area contributed by atoms with Gasteiger partial charge >= 0.3 is 0 Å². The molecule has 29 heavy (non-hydrogen) atoms. The lowest BCUT2D eigenvalue weighted by Crippen LogP contribution is -2.40. The number of anilines is 1. The van der Waals surface area contributed by atoms with Crippen molar-refractivity contribution in [2.45, 2.75) is 25.8 Å². The second kappa shape index (κ2) is 9.07. The van der Waals surface area contributed by atoms with E-state index < -0.39 is 26.0 Å². The molecule has 0 radical (unpaired) electrons. The first-order chi connectivity index (χ1) is 13.4. The Labute approximate surface area is 177 Å². The van der Waals surface area contributed by atoms with Crippen LogP contribution in [0.2, 0.25) is 5.02 Å². The number of hydrogen-bond donors (Lipinski definition) is 1. The lowest BCUT2D eigenvalue weighted by molar-refractivity contribution is 0.0938. The smallest absolute Gasteiger partial charge is 0.255 e. The number of amides is 1. The number of halogens is 1. The SMILES string of the molecule is CCN1CCCC1CNC(=O)c1cc(N(S(C)(=O)=O)S(C)(=O)=O)c(Cl)cc1OC. The third-order valence-electron chi connectivity index (χ3n) is 4.72. The number of carbonyl (C=O) groups is 1. The van der Waals surface area contributed by atoms with Crippen molar-refractivity contribution in [2.75, 3.05) is 43.0 Å². The van der Waals surface area contributed by atoms with Gasteiger partial charge in [0.1, 0.15) is 5.75 Å². The highest BCUT2D eigenvalue weighted by molar-refractivity contribution is 8.09. The summed E-state index contributed by atoms with van der Waals surface area (Å²) in [6, 6.07) is 2.55. The average molecular weight is 468 g/mol. The number of nitrogens with zero attached hydrogens (tertiary/aromatic N) is 2. The van der Waals surface area contributed by atoms with Gasteiger partial charge in [-0.15, -0.1) is 0 Å². The van der Waals surface area contributed by atoms with Crippen molar-refractivity contribution in [3.05, 3.63) is 22.7 Å². The van der Waals surface area contributed by atoms with Crippen LogP contribution in [-0.2, 0) is 20.0 Å². The van der Waals surface area contributed by atoms with E-state index in [1.165, 1.54) is 13.2 Å². The first kappa shape index (κ1) is 23.7. The van der Waals surface area contributed by atoms with Crippen molar-refractivity contribution in [1.82, 2.24) is 10.2 Å². The highest BCUT2D eigenvalue weighted by Crippen LogP contribution is 2.36. The zero-order valence-electron chi connectivity index (χ0n) is 16.8. The van der Waals surface area contributed by atoms with Crippen LogP contribution in [-0.4, -0.2) is 72.9 Å². The zero-order chi connectivity index (χ0) is 22.0. The Morgan fingerprint density at radius 1 is 1.28 bits per heavy atom. The van der Waals surface area contributed by atoms with E-state index in [0.717, 1.165) is 44.5 Å². The molecule has 0 bridgehead atoms. The topological polar surface area (TPSA) is 113 Å². The van der Waals surface area contributed by atoms with Gasteiger partial charge in [0.15, 0.2) is 0 Å². The van der Waals surface area contributed by atoms with Gasteiger partial charge < -0.3 is 10.1 Å². The van der Waals surface area contributed by atoms with Crippen molar-refractivity contribution in [3.63, 3.8) is 0 Å². The number of nitrogens with one attached hydrogen (secondary N) is 1. The van der Waals surface area contributed by atoms with Crippen molar-refractivity contribution < 1.29 is 26.4 Å². The van der Waals surface area contributed by atoms with Gasteiger partial charge in [-0.05, 0) is 32.0 Å². The summed E-state index contributed by atoms with van der Waals surface area (Å²) in [5, 5.41) is 2.64. The van der Waals surface area contributed by atoms with Crippen LogP contribution in [0, 0.1) is 0 Å². The monoisotopic (exact) mass is 467 g/mol. The predicted molar refractivity (Wildman–Crippen MR) is 113 cm³/mol. The summed E-state index contributed by atoms with van der Waals surface area (Å²) in [6.07, 6.45) is 3.51. The van der Waals surface area contributed by atoms with Crippen LogP contribution in [0.25, 0.3) is 0 Å². The molecule has 0 aliphatic carbocycles. The number of benzene rings is 1. The first-order valence-corrected chi connectivity index (χ1v) is 13.1. The Kier molecular flexibility index (Phi) is 7.42. The van der Waals surface area contributed by atoms with Gasteiger partial charge in [0.2, 0.25) is 20.0 Å². The number of methoxy groups -OCH3 is 1. The molecule has 12 heteroatoms. The van der Waals surface area contributed by atoms with Crippen LogP contribution < -0.4 is 13.8 Å². The summed E-state index contributed by atoms with van der Waals surface area (Å²) < 4.78 is 53.7. The van der Waals surface area contributed by atoms with Crippen molar-refractivity contribution in [3.8, 4) is 5.75 Å². The number of ether oxygens (including phenoxy) is 1. The zero-order valence-corrected chi connectivity index (χ0v) is 19.2. The molecule has 1 aliphatic rings. The highest BCUT2D eigenvalue weighted by Gasteiger charge is 2.31. The van der Waals surface area contributed by atoms with E-state index in [4.69, 9.17) is 16.3 Å². The summed E-state index contributed by atoms with van der Waals surface area (Å²) in [7, 11) is -7.09. The number of sulfonamides is 2. The normalized spacial score (nSPS) is 17.9. The molecule has 0 spiro atoms. The molecular formula is C17H26ClN3O6S2. The minimum absolute atomic E-state index is 0.00903. The molecule has 1 N–H and O–H groups in total. The van der Waals surface area contributed by atoms with E-state index in [1.807, 2.05) is 0 Å². The molecule has 2 rings (SSSR count). The van der Waals surface area contributed by atoms with Crippen LogP contribution >= 0.6 is 11.6 Å². The molecule has 1 saturated heterocycles. The lowest BCUT2D eigenvalue weighted by Gasteiger charge is -2.24. The molecule has 1 fully saturated rings. The molecule has 9 nitrogen and oxygen atoms in total. The van der Waals surface area contributed by atoms with Gasteiger partial charge in [0, 0.05) is 18.7 Å². The third-order valence-corrected chi connectivity index (χ3v) is 8.24. The minimum Gasteiger partial charge on any atom is -0.496 e. The lowest BCUT2D eigenvalue weighted by atomic mass is 10.1. The van der Waals surface area contributed by atoms with Crippen molar-refractivity contribution >= 4 is 43.2 Å². The van der Waals surface area contributed by atoms with Gasteiger partial charge in [0.25, 0.3) is 5.91 Å². The quantitative estimate of drug-likeness (QED) is 0.612. The fraction of sp³-hybridized carbons (Fsp3) is 0.588. The molecule has 1 aromatic carbocycles. The van der Waals surface area contributed by atoms with E-state index >= 15 is 0 Å². The first-order valence-electron chi connectivity index (χ1n) is 9.00. The number of hydrogen-bond acceptors (Lipinski definition) is 7. The Hall–Kier alpha value is -1.56. The molecule has 0 aromatic heterocycles. The number of likely N-dealkylation sites (tertiary alicyclic amines) is 1. The summed E-state index contributed by atoms with van der Waals surface area (Å²) in [5.41, 5.74) is -0.344. The Morgan fingerprint density at radius 2 is 1.90 bits per heavy atom. The van der Waals surface area contributed by atoms with E-state index in [9.17, 15) is 21.6 Å². The maximum atomic E-state index is 12.8. The maximum Gasteiger partial charge on any atom is 0.255 e. The number of rotatable bonds is 8. The van der Waals surface area contributed by atoms with Crippen molar-refractivity contribution in [1.29, 1.82) is 0 Å². The van der Waals surface area contributed by atoms with Crippen LogP contribution in [0.3, 0.4) is 0 Å². The van der Waals surface area contributed by atoms with E-state index in [-0.39, 0.29) is 31.8 Å². The molecule has 1 atom stereocenters. The molecule has 1 heterocycles. The molecule has 164 valence electrons. The summed E-state index contributed by atoms with van der Waals surface area (Å²) in [4.78, 5) is 15.1. The van der Waals surface area contributed by atoms with Gasteiger partial charge in [-0.1, -0.05) is 18.5 Å². The largest absolute Gasteiger partial charge is 0.496 e. The third kappa shape index (κ3) is 5.53. The summed E-state index contributed by atoms with van der Waals surface area (Å²) >= 11 is 6.12. The Balaban J connectivity index is 2.41. The molecular weight excluding hydrogens is 442 g/mol. The Bertz CT molecular complexity index is 949. The van der Waals surface area contributed by atoms with Gasteiger partial charge in [-0.3, -0.25) is 9.69 Å². The molecule has 1 amide bonds. The van der Waals surface area contributed by atoms with Crippen LogP contribution in [0.15, 0.2) is 12.1 Å². The summed E-state index contributed by atoms with van der Waals surface area (Å²) in [5.74, 6) is -0.401. The minimum atomic E-state index is -4.21. The molecule has 0 saturated carbocycles. The molecule has 1 unspecified atom stereocenters. The van der Waals surface area contributed by atoms with Gasteiger partial charge in [0.05, 0.1) is 35.9 Å². The van der Waals surface area contributed by atoms with E-state index in [2.05, 4.69) is 17.1 Å². The van der Waals surface area contributed by atoms with E-state index in [0.29, 0.717) is 6.54 Å². The van der Waals surface area contributed by atoms with Crippen molar-refractivity contribution in [2.24, 2.45) is 0 Å². The van der Waals surface area contributed by atoms with E-state index in [1.54, 1.807) is 0 Å². The number of likely N-dealkylation sites (N-methyl/N-ethyl adjacent to an activating group) is 1. The van der Waals surface area contributed by atoms with Gasteiger partial charge in [-0.25, -0.2) is 16.8 Å². The fourth-order valence-corrected chi connectivity index (χ4v) is 6.80. The highest BCUT2D eigenvalue weighted by atomic mass is 35.5. The van der Waals surface area contributed by atoms with Crippen LogP contribution in [0.4, 0.5) is 5.69 Å². The predicted octanol–water partition coefficient (Wildman–Crippen LogP) is 1.29. The van der Waals surface area contributed by atoms with Crippen LogP contribution in [0.5, 0.6) is 5.75 Å². The average Bonchev–Trinajstić information content (AvgIpc) is 3.06. The Morgan fingerprint density at radius 3 is 2.41 bits per heavy atom. The second-order valence-electron chi connectivity index (χ2n) is 6.86. The van der Waals surface area contributed by atoms with Crippen LogP contribution in [0.1, 0.15) is 30.1 Å². The fourth-order valence-electron chi connectivity index (χ4n) is 3.48.